The largest absolute Gasteiger partial charge is 0.495 e. The van der Waals surface area contributed by atoms with Crippen molar-refractivity contribution < 1.29 is 28.5 Å². The number of amides is 2. The zero-order valence-corrected chi connectivity index (χ0v) is 33.8. The molecule has 2 aromatic heterocycles. The maximum absolute atomic E-state index is 15.2. The van der Waals surface area contributed by atoms with Crippen molar-refractivity contribution in [3.8, 4) is 33.8 Å². The smallest absolute Gasteiger partial charge is 0.435 e. The number of carbonyl (C=O) groups excluding carboxylic acids is 2. The van der Waals surface area contributed by atoms with Gasteiger partial charge >= 0.3 is 6.09 Å². The number of hydrogen-bond donors (Lipinski definition) is 1. The first-order valence-electron chi connectivity index (χ1n) is 17.8. The summed E-state index contributed by atoms with van der Waals surface area (Å²) in [5.41, 5.74) is 4.35. The number of halogens is 2. The fraction of sp³-hybridized carbons (Fsp3) is 0.400. The number of benzene rings is 2. The van der Waals surface area contributed by atoms with Crippen LogP contribution in [-0.2, 0) is 27.4 Å². The number of morpholine rings is 1. The van der Waals surface area contributed by atoms with Gasteiger partial charge in [0.1, 0.15) is 17.1 Å². The number of nitrogens with zero attached hydrogens (tertiary/aromatic N) is 5. The van der Waals surface area contributed by atoms with E-state index >= 15 is 4.79 Å². The number of aromatic nitrogens is 2. The lowest BCUT2D eigenvalue weighted by Gasteiger charge is -2.27. The summed E-state index contributed by atoms with van der Waals surface area (Å²) in [6.45, 7) is 13.3. The highest BCUT2D eigenvalue weighted by Gasteiger charge is 2.30. The topological polar surface area (TPSA) is 128 Å². The standard InChI is InChI=1S/C40H48Cl2N6O7/c1-9-32(49)44-48(39(51)55-40(2,3)4)31-21-28-27(23-43-31)33(26-13-11-25(12-14-26)24-46-17-19-54-20-18-46)34(38(50)47(28)16-10-15-45(5)6)35-36(41)29(52-7)22-30(53-8)37(35)42/h9,11-14,21-23H,1,10,15-20,24H2,2-8H3,(H,44,49). The minimum atomic E-state index is -0.897. The lowest BCUT2D eigenvalue weighted by molar-refractivity contribution is -0.116. The van der Waals surface area contributed by atoms with Gasteiger partial charge in [-0.05, 0) is 65.0 Å². The Bertz CT molecular complexity index is 2080. The molecule has 1 N–H and O–H groups in total. The molecular formula is C40H48Cl2N6O7. The van der Waals surface area contributed by atoms with Gasteiger partial charge in [0.25, 0.3) is 11.5 Å². The average molecular weight is 796 g/mol. The molecule has 5 rings (SSSR count). The quantitative estimate of drug-likeness (QED) is 0.121. The van der Waals surface area contributed by atoms with E-state index in [1.165, 1.54) is 14.2 Å². The summed E-state index contributed by atoms with van der Waals surface area (Å²) < 4.78 is 24.0. The summed E-state index contributed by atoms with van der Waals surface area (Å²) in [7, 11) is 6.84. The van der Waals surface area contributed by atoms with Gasteiger partial charge in [0.05, 0.1) is 48.6 Å². The average Bonchev–Trinajstić information content (AvgIpc) is 3.15. The normalized spacial score (nSPS) is 13.5. The zero-order valence-electron chi connectivity index (χ0n) is 32.3. The van der Waals surface area contributed by atoms with E-state index < -0.39 is 23.2 Å². The van der Waals surface area contributed by atoms with E-state index in [9.17, 15) is 9.59 Å². The van der Waals surface area contributed by atoms with E-state index in [1.54, 1.807) is 43.7 Å². The van der Waals surface area contributed by atoms with Crippen LogP contribution in [0.25, 0.3) is 33.2 Å². The third kappa shape index (κ3) is 9.60. The molecule has 2 amide bonds. The van der Waals surface area contributed by atoms with Crippen molar-refractivity contribution in [3.05, 3.63) is 81.2 Å². The Morgan fingerprint density at radius 2 is 1.64 bits per heavy atom. The second-order valence-corrected chi connectivity index (χ2v) is 15.0. The molecule has 2 aromatic carbocycles. The molecule has 0 spiro atoms. The van der Waals surface area contributed by atoms with Gasteiger partial charge in [0.2, 0.25) is 0 Å². The van der Waals surface area contributed by atoms with Crippen LogP contribution in [0.3, 0.4) is 0 Å². The predicted octanol–water partition coefficient (Wildman–Crippen LogP) is 6.80. The van der Waals surface area contributed by atoms with E-state index in [1.807, 2.05) is 43.3 Å². The number of ether oxygens (including phenoxy) is 4. The molecule has 55 heavy (non-hydrogen) atoms. The minimum Gasteiger partial charge on any atom is -0.495 e. The Labute approximate surface area is 331 Å². The van der Waals surface area contributed by atoms with Crippen molar-refractivity contribution in [3.63, 3.8) is 0 Å². The second kappa shape index (κ2) is 17.9. The molecule has 1 saturated heterocycles. The highest BCUT2D eigenvalue weighted by molar-refractivity contribution is 6.41. The molecular weight excluding hydrogens is 747 g/mol. The van der Waals surface area contributed by atoms with Crippen LogP contribution in [-0.4, -0.2) is 98.1 Å². The molecule has 0 bridgehead atoms. The van der Waals surface area contributed by atoms with Gasteiger partial charge < -0.3 is 28.4 Å². The molecule has 4 aromatic rings. The molecule has 3 heterocycles. The van der Waals surface area contributed by atoms with Crippen LogP contribution >= 0.6 is 23.2 Å². The number of methoxy groups -OCH3 is 2. The molecule has 13 nitrogen and oxygen atoms in total. The van der Waals surface area contributed by atoms with E-state index in [0.29, 0.717) is 48.2 Å². The molecule has 15 heteroatoms. The third-order valence-corrected chi connectivity index (χ3v) is 9.66. The monoisotopic (exact) mass is 794 g/mol. The zero-order chi connectivity index (χ0) is 40.0. The van der Waals surface area contributed by atoms with Gasteiger partial charge in [0, 0.05) is 61.0 Å². The summed E-state index contributed by atoms with van der Waals surface area (Å²) in [4.78, 5) is 50.4. The van der Waals surface area contributed by atoms with Crippen LogP contribution in [0.2, 0.25) is 10.0 Å². The Morgan fingerprint density at radius 3 is 2.20 bits per heavy atom. The molecule has 0 atom stereocenters. The van der Waals surface area contributed by atoms with Crippen molar-refractivity contribution >= 4 is 51.9 Å². The Balaban J connectivity index is 1.85. The molecule has 1 aliphatic rings. The first-order chi connectivity index (χ1) is 26.2. The highest BCUT2D eigenvalue weighted by Crippen LogP contribution is 2.48. The minimum absolute atomic E-state index is 0.0105. The van der Waals surface area contributed by atoms with Crippen molar-refractivity contribution in [2.75, 3.05) is 66.2 Å². The van der Waals surface area contributed by atoms with Crippen LogP contribution in [0.15, 0.2) is 60.0 Å². The van der Waals surface area contributed by atoms with Crippen LogP contribution in [0.5, 0.6) is 11.5 Å². The van der Waals surface area contributed by atoms with Gasteiger partial charge in [-0.2, -0.15) is 5.01 Å². The molecule has 0 unspecified atom stereocenters. The number of hydrazine groups is 1. The summed E-state index contributed by atoms with van der Waals surface area (Å²) in [6, 6.07) is 11.1. The SMILES string of the molecule is C=CC(=O)NN(C(=O)OC(C)(C)C)c1cc2c(cn1)c(-c1ccc(CN3CCOCC3)cc1)c(-c1c(Cl)c(OC)cc(OC)c1Cl)c(=O)n2CCCN(C)C. The summed E-state index contributed by atoms with van der Waals surface area (Å²) in [5, 5.41) is 1.71. The maximum Gasteiger partial charge on any atom is 0.435 e. The molecule has 0 saturated carbocycles. The van der Waals surface area contributed by atoms with Crippen molar-refractivity contribution in [2.45, 2.75) is 45.9 Å². The van der Waals surface area contributed by atoms with Crippen molar-refractivity contribution in [1.29, 1.82) is 0 Å². The Hall–Kier alpha value is -4.66. The van der Waals surface area contributed by atoms with Gasteiger partial charge in [-0.1, -0.05) is 54.0 Å². The van der Waals surface area contributed by atoms with E-state index in [-0.39, 0.29) is 45.0 Å². The lowest BCUT2D eigenvalue weighted by Crippen LogP contribution is -2.48. The number of fused-ring (bicyclic) bond motifs is 1. The van der Waals surface area contributed by atoms with Gasteiger partial charge in [-0.3, -0.25) is 19.9 Å². The summed E-state index contributed by atoms with van der Waals surface area (Å²) >= 11 is 14.1. The van der Waals surface area contributed by atoms with Crippen molar-refractivity contribution in [1.82, 2.24) is 24.8 Å². The fourth-order valence-electron chi connectivity index (χ4n) is 6.32. The van der Waals surface area contributed by atoms with Crippen LogP contribution in [0.4, 0.5) is 10.6 Å². The molecule has 1 aliphatic heterocycles. The first-order valence-corrected chi connectivity index (χ1v) is 18.6. The molecule has 1 fully saturated rings. The molecule has 294 valence electrons. The van der Waals surface area contributed by atoms with Crippen LogP contribution < -0.4 is 25.5 Å². The molecule has 0 aliphatic carbocycles. The van der Waals surface area contributed by atoms with E-state index in [0.717, 1.165) is 36.3 Å². The fourth-order valence-corrected chi connectivity index (χ4v) is 7.01. The second-order valence-electron chi connectivity index (χ2n) is 14.3. The number of nitrogens with one attached hydrogen (secondary N) is 1. The number of aryl methyl sites for hydroxylation is 1. The van der Waals surface area contributed by atoms with Gasteiger partial charge in [-0.15, -0.1) is 0 Å². The maximum atomic E-state index is 15.2. The third-order valence-electron chi connectivity index (χ3n) is 8.91. The number of rotatable bonds is 12. The predicted molar refractivity (Wildman–Crippen MR) is 216 cm³/mol. The number of anilines is 1. The van der Waals surface area contributed by atoms with Gasteiger partial charge in [-0.25, -0.2) is 9.78 Å². The number of hydrogen-bond acceptors (Lipinski definition) is 10. The molecule has 0 radical (unpaired) electrons. The van der Waals surface area contributed by atoms with E-state index in [4.69, 9.17) is 42.1 Å². The Kier molecular flexibility index (Phi) is 13.5. The van der Waals surface area contributed by atoms with E-state index in [2.05, 4.69) is 21.9 Å². The summed E-state index contributed by atoms with van der Waals surface area (Å²) in [6.07, 6.45) is 2.29. The van der Waals surface area contributed by atoms with Gasteiger partial charge in [0.15, 0.2) is 5.82 Å². The lowest BCUT2D eigenvalue weighted by atomic mass is 9.91. The highest BCUT2D eigenvalue weighted by atomic mass is 35.5. The van der Waals surface area contributed by atoms with Crippen LogP contribution in [0.1, 0.15) is 32.8 Å². The van der Waals surface area contributed by atoms with Crippen LogP contribution in [0, 0.1) is 0 Å². The number of carbonyl (C=O) groups is 2. The first kappa shape index (κ1) is 41.5. The summed E-state index contributed by atoms with van der Waals surface area (Å²) in [5.74, 6) is -0.123. The Morgan fingerprint density at radius 1 is 1.00 bits per heavy atom. The van der Waals surface area contributed by atoms with Crippen molar-refractivity contribution in [2.24, 2.45) is 0 Å². The number of pyridine rings is 2.